The molecule has 0 saturated heterocycles. The molecule has 0 atom stereocenters. The van der Waals surface area contributed by atoms with E-state index in [0.717, 1.165) is 54.6 Å². The summed E-state index contributed by atoms with van der Waals surface area (Å²) in [6.07, 6.45) is 0. The van der Waals surface area contributed by atoms with Gasteiger partial charge in [-0.3, -0.25) is 0 Å². The van der Waals surface area contributed by atoms with E-state index in [2.05, 4.69) is 0 Å². The first kappa shape index (κ1) is 24.8. The maximum atomic E-state index is 14.7. The number of allylic oxidation sites excluding steroid dienone is 2. The monoisotopic (exact) mass is 508 g/mol. The van der Waals surface area contributed by atoms with Crippen molar-refractivity contribution in [2.45, 2.75) is 17.8 Å². The number of esters is 1. The molecule has 0 spiro atoms. The van der Waals surface area contributed by atoms with Gasteiger partial charge in [0.25, 0.3) is 0 Å². The number of phenols is 1. The maximum absolute atomic E-state index is 14.7. The average Bonchev–Trinajstić information content (AvgIpc) is 2.94. The molecule has 1 aliphatic carbocycles. The van der Waals surface area contributed by atoms with E-state index in [1.807, 2.05) is 0 Å². The molecule has 0 bridgehead atoms. The lowest BCUT2D eigenvalue weighted by Gasteiger charge is -2.25. The van der Waals surface area contributed by atoms with Gasteiger partial charge in [0.2, 0.25) is 0 Å². The van der Waals surface area contributed by atoms with Gasteiger partial charge in [-0.1, -0.05) is 30.3 Å². The normalized spacial score (nSPS) is 17.6. The summed E-state index contributed by atoms with van der Waals surface area (Å²) >= 11 is 0. The molecule has 5 nitrogen and oxygen atoms in total. The minimum absolute atomic E-state index is 0.141. The molecule has 36 heavy (non-hydrogen) atoms. The molecule has 0 radical (unpaired) electrons. The number of hydrogen-bond donors (Lipinski definition) is 2. The number of aromatic carboxylic acids is 1. The molecule has 11 heteroatoms. The lowest BCUT2D eigenvalue weighted by Crippen LogP contribution is -2.48. The fraction of sp³-hybridized carbons (Fsp3) is 0.120. The van der Waals surface area contributed by atoms with Crippen LogP contribution in [0.1, 0.15) is 31.8 Å². The van der Waals surface area contributed by atoms with Crippen LogP contribution in [-0.2, 0) is 0 Å². The van der Waals surface area contributed by atoms with Crippen LogP contribution in [0.5, 0.6) is 11.5 Å². The Labute approximate surface area is 198 Å². The van der Waals surface area contributed by atoms with Crippen LogP contribution in [0.3, 0.4) is 0 Å². The van der Waals surface area contributed by atoms with Gasteiger partial charge in [-0.2, -0.15) is 26.3 Å². The van der Waals surface area contributed by atoms with E-state index < -0.39 is 52.0 Å². The zero-order chi connectivity index (χ0) is 26.5. The Kier molecular flexibility index (Phi) is 5.82. The Bertz CT molecular complexity index is 1380. The second-order valence-electron chi connectivity index (χ2n) is 7.82. The van der Waals surface area contributed by atoms with Crippen molar-refractivity contribution in [3.63, 3.8) is 0 Å². The first-order chi connectivity index (χ1) is 16.8. The highest BCUT2D eigenvalue weighted by Gasteiger charge is 2.80. The highest BCUT2D eigenvalue weighted by Crippen LogP contribution is 2.64. The number of benzene rings is 3. The summed E-state index contributed by atoms with van der Waals surface area (Å²) in [6, 6.07) is 11.8. The number of carboxylic acid groups (broad SMARTS) is 1. The lowest BCUT2D eigenvalue weighted by molar-refractivity contribution is -0.254. The van der Waals surface area contributed by atoms with Crippen molar-refractivity contribution in [1.29, 1.82) is 0 Å². The fourth-order valence-corrected chi connectivity index (χ4v) is 3.74. The third-order valence-corrected chi connectivity index (χ3v) is 5.52. The summed E-state index contributed by atoms with van der Waals surface area (Å²) < 4.78 is 92.4. The van der Waals surface area contributed by atoms with Crippen LogP contribution < -0.4 is 4.74 Å². The SMILES string of the molecule is O=C(O)c1cccc(C(=O)Oc2ccc(C3=C(c4ccc(O)cc4)C(F)(F)C(F)(F)C3(F)F)cc2)c1. The fourth-order valence-electron chi connectivity index (χ4n) is 3.74. The van der Waals surface area contributed by atoms with E-state index >= 15 is 0 Å². The van der Waals surface area contributed by atoms with Crippen molar-refractivity contribution >= 4 is 23.1 Å². The molecule has 0 saturated carbocycles. The number of alkyl halides is 6. The van der Waals surface area contributed by atoms with Crippen LogP contribution in [0.2, 0.25) is 0 Å². The molecule has 0 aromatic heterocycles. The number of phenolic OH excluding ortho intramolecular Hbond substituents is 1. The van der Waals surface area contributed by atoms with Gasteiger partial charge in [0.15, 0.2) is 0 Å². The third-order valence-electron chi connectivity index (χ3n) is 5.52. The Morgan fingerprint density at radius 2 is 1.17 bits per heavy atom. The summed E-state index contributed by atoms with van der Waals surface area (Å²) in [6.45, 7) is 0. The molecule has 0 unspecified atom stereocenters. The van der Waals surface area contributed by atoms with Gasteiger partial charge in [-0.15, -0.1) is 0 Å². The van der Waals surface area contributed by atoms with E-state index in [0.29, 0.717) is 0 Å². The Morgan fingerprint density at radius 1 is 0.694 bits per heavy atom. The number of carbonyl (C=O) groups excluding carboxylic acids is 1. The predicted octanol–water partition coefficient (Wildman–Crippen LogP) is 6.14. The quantitative estimate of drug-likeness (QED) is 0.246. The number of carboxylic acids is 1. The molecule has 0 fully saturated rings. The summed E-state index contributed by atoms with van der Waals surface area (Å²) in [7, 11) is 0. The number of hydrogen-bond acceptors (Lipinski definition) is 4. The number of aromatic hydroxyl groups is 1. The van der Waals surface area contributed by atoms with Crippen LogP contribution >= 0.6 is 0 Å². The molecule has 0 heterocycles. The van der Waals surface area contributed by atoms with Gasteiger partial charge in [0, 0.05) is 11.1 Å². The van der Waals surface area contributed by atoms with Crippen molar-refractivity contribution in [2.24, 2.45) is 0 Å². The van der Waals surface area contributed by atoms with Gasteiger partial charge < -0.3 is 14.9 Å². The molecule has 1 aliphatic rings. The second kappa shape index (κ2) is 8.43. The Balaban J connectivity index is 1.73. The van der Waals surface area contributed by atoms with Gasteiger partial charge in [0.1, 0.15) is 11.5 Å². The second-order valence-corrected chi connectivity index (χ2v) is 7.82. The predicted molar refractivity (Wildman–Crippen MR) is 115 cm³/mol. The summed E-state index contributed by atoms with van der Waals surface area (Å²) in [5, 5.41) is 18.4. The number of carbonyl (C=O) groups is 2. The summed E-state index contributed by atoms with van der Waals surface area (Å²) in [5.74, 6) is -19.2. The van der Waals surface area contributed by atoms with Crippen molar-refractivity contribution in [3.8, 4) is 11.5 Å². The van der Waals surface area contributed by atoms with Crippen molar-refractivity contribution in [2.75, 3.05) is 0 Å². The van der Waals surface area contributed by atoms with Crippen LogP contribution in [-0.4, -0.2) is 39.9 Å². The Hall–Kier alpha value is -4.28. The summed E-state index contributed by atoms with van der Waals surface area (Å²) in [5.41, 5.74) is -4.87. The lowest BCUT2D eigenvalue weighted by atomic mass is 9.95. The van der Waals surface area contributed by atoms with Crippen LogP contribution in [0.25, 0.3) is 11.1 Å². The van der Waals surface area contributed by atoms with Crippen molar-refractivity contribution in [1.82, 2.24) is 0 Å². The van der Waals surface area contributed by atoms with Gasteiger partial charge >= 0.3 is 29.7 Å². The number of rotatable bonds is 5. The van der Waals surface area contributed by atoms with Gasteiger partial charge in [-0.25, -0.2) is 9.59 Å². The molecular weight excluding hydrogens is 494 g/mol. The molecule has 186 valence electrons. The zero-order valence-electron chi connectivity index (χ0n) is 17.8. The largest absolute Gasteiger partial charge is 0.508 e. The number of ether oxygens (including phenoxy) is 1. The minimum atomic E-state index is -5.75. The number of halogens is 6. The molecule has 0 amide bonds. The van der Waals surface area contributed by atoms with Crippen LogP contribution in [0.4, 0.5) is 26.3 Å². The standard InChI is InChI=1S/C25H14F6O5/c26-23(27)19(13-4-8-17(32)9-5-13)20(24(28,29)25(23,30)31)14-6-10-18(11-7-14)36-22(35)16-3-1-2-15(12-16)21(33)34/h1-12,32H,(H,33,34). The minimum Gasteiger partial charge on any atom is -0.508 e. The van der Waals surface area contributed by atoms with E-state index in [-0.39, 0.29) is 22.6 Å². The van der Waals surface area contributed by atoms with Gasteiger partial charge in [0.05, 0.1) is 11.1 Å². The molecule has 3 aromatic carbocycles. The molecule has 0 aliphatic heterocycles. The first-order valence-corrected chi connectivity index (χ1v) is 10.1. The van der Waals surface area contributed by atoms with E-state index in [1.54, 1.807) is 0 Å². The first-order valence-electron chi connectivity index (χ1n) is 10.1. The molecule has 4 rings (SSSR count). The maximum Gasteiger partial charge on any atom is 0.380 e. The summed E-state index contributed by atoms with van der Waals surface area (Å²) in [4.78, 5) is 23.4. The smallest absolute Gasteiger partial charge is 0.380 e. The Morgan fingerprint density at radius 3 is 1.67 bits per heavy atom. The topological polar surface area (TPSA) is 83.8 Å². The zero-order valence-corrected chi connectivity index (χ0v) is 17.8. The average molecular weight is 508 g/mol. The van der Waals surface area contributed by atoms with Crippen molar-refractivity contribution < 1.29 is 50.9 Å². The van der Waals surface area contributed by atoms with Crippen LogP contribution in [0.15, 0.2) is 72.8 Å². The highest BCUT2D eigenvalue weighted by atomic mass is 19.3. The van der Waals surface area contributed by atoms with Crippen molar-refractivity contribution in [3.05, 3.63) is 95.1 Å². The van der Waals surface area contributed by atoms with Gasteiger partial charge in [-0.05, 0) is 53.6 Å². The third kappa shape index (κ3) is 3.86. The highest BCUT2D eigenvalue weighted by molar-refractivity contribution is 6.01. The van der Waals surface area contributed by atoms with E-state index in [9.17, 15) is 41.0 Å². The molecular formula is C25H14F6O5. The van der Waals surface area contributed by atoms with E-state index in [4.69, 9.17) is 9.84 Å². The molecule has 2 N–H and O–H groups in total. The van der Waals surface area contributed by atoms with Crippen LogP contribution in [0, 0.1) is 0 Å². The van der Waals surface area contributed by atoms with E-state index in [1.165, 1.54) is 18.2 Å². The molecule has 3 aromatic rings.